The van der Waals surface area contributed by atoms with Crippen molar-refractivity contribution in [3.8, 4) is 0 Å². The zero-order valence-corrected chi connectivity index (χ0v) is 10.1. The summed E-state index contributed by atoms with van der Waals surface area (Å²) >= 11 is 1.97. The molecule has 1 heterocycles. The van der Waals surface area contributed by atoms with Crippen LogP contribution in [0.15, 0.2) is 4.99 Å². The second-order valence-corrected chi connectivity index (χ2v) is 4.52. The van der Waals surface area contributed by atoms with Crippen LogP contribution in [0.25, 0.3) is 0 Å². The molecule has 0 amide bonds. The van der Waals surface area contributed by atoms with Crippen molar-refractivity contribution in [2.45, 2.75) is 6.42 Å². The number of hydrazine groups is 1. The molecule has 0 aromatic carbocycles. The summed E-state index contributed by atoms with van der Waals surface area (Å²) in [5, 5.41) is 0. The molecular formula is C9H20N4OS. The predicted molar refractivity (Wildman–Crippen MR) is 65.0 cm³/mol. The second kappa shape index (κ2) is 7.78. The van der Waals surface area contributed by atoms with Crippen LogP contribution >= 0.6 is 11.8 Å². The highest BCUT2D eigenvalue weighted by atomic mass is 32.2. The Morgan fingerprint density at radius 2 is 2.27 bits per heavy atom. The van der Waals surface area contributed by atoms with Crippen LogP contribution in [-0.2, 0) is 4.74 Å². The van der Waals surface area contributed by atoms with Crippen LogP contribution in [0.1, 0.15) is 6.42 Å². The number of nitrogens with zero attached hydrogens (tertiary/aromatic N) is 2. The summed E-state index contributed by atoms with van der Waals surface area (Å²) in [4.78, 5) is 6.62. The third kappa shape index (κ3) is 4.72. The van der Waals surface area contributed by atoms with Gasteiger partial charge in [0.25, 0.3) is 0 Å². The Labute approximate surface area is 95.4 Å². The maximum Gasteiger partial charge on any atom is 0.208 e. The Bertz CT molecular complexity index is 195. The van der Waals surface area contributed by atoms with Gasteiger partial charge in [0, 0.05) is 44.9 Å². The van der Waals surface area contributed by atoms with Crippen LogP contribution < -0.4 is 11.3 Å². The lowest BCUT2D eigenvalue weighted by Crippen LogP contribution is -2.48. The van der Waals surface area contributed by atoms with Crippen molar-refractivity contribution >= 4 is 17.7 Å². The molecule has 88 valence electrons. The maximum atomic E-state index is 5.46. The monoisotopic (exact) mass is 232 g/mol. The first-order chi connectivity index (χ1) is 7.38. The molecule has 1 saturated heterocycles. The summed E-state index contributed by atoms with van der Waals surface area (Å²) in [6, 6.07) is 0. The largest absolute Gasteiger partial charge is 0.385 e. The van der Waals surface area contributed by atoms with E-state index in [1.165, 1.54) is 0 Å². The van der Waals surface area contributed by atoms with Crippen LogP contribution in [0.3, 0.4) is 0 Å². The second-order valence-electron chi connectivity index (χ2n) is 3.30. The van der Waals surface area contributed by atoms with E-state index in [9.17, 15) is 0 Å². The SMILES string of the molecule is COCCCN=C(NN)N1CCSCC1. The van der Waals surface area contributed by atoms with Gasteiger partial charge in [-0.1, -0.05) is 0 Å². The predicted octanol–water partition coefficient (Wildman–Crippen LogP) is -0.109. The van der Waals surface area contributed by atoms with Crippen LogP contribution in [0.2, 0.25) is 0 Å². The molecule has 15 heavy (non-hydrogen) atoms. The first-order valence-electron chi connectivity index (χ1n) is 5.21. The van der Waals surface area contributed by atoms with Crippen LogP contribution in [-0.4, -0.2) is 55.7 Å². The van der Waals surface area contributed by atoms with E-state index >= 15 is 0 Å². The summed E-state index contributed by atoms with van der Waals surface area (Å²) in [7, 11) is 1.70. The number of hydrogen-bond acceptors (Lipinski definition) is 4. The van der Waals surface area contributed by atoms with Crippen LogP contribution in [0, 0.1) is 0 Å². The van der Waals surface area contributed by atoms with Crippen molar-refractivity contribution in [2.75, 3.05) is 44.9 Å². The fourth-order valence-corrected chi connectivity index (χ4v) is 2.31. The lowest BCUT2D eigenvalue weighted by molar-refractivity contribution is 0.197. The van der Waals surface area contributed by atoms with Crippen molar-refractivity contribution in [1.82, 2.24) is 10.3 Å². The minimum absolute atomic E-state index is 0.747. The molecule has 0 radical (unpaired) electrons. The van der Waals surface area contributed by atoms with Gasteiger partial charge in [-0.15, -0.1) is 0 Å². The molecule has 0 saturated carbocycles. The molecule has 5 nitrogen and oxygen atoms in total. The molecule has 1 fully saturated rings. The number of ether oxygens (including phenoxy) is 1. The van der Waals surface area contributed by atoms with E-state index in [0.29, 0.717) is 0 Å². The summed E-state index contributed by atoms with van der Waals surface area (Å²) in [5.41, 5.74) is 2.67. The summed E-state index contributed by atoms with van der Waals surface area (Å²) in [5.74, 6) is 8.57. The van der Waals surface area contributed by atoms with E-state index in [4.69, 9.17) is 10.6 Å². The van der Waals surface area contributed by atoms with E-state index in [-0.39, 0.29) is 0 Å². The highest BCUT2D eigenvalue weighted by Gasteiger charge is 2.13. The zero-order valence-electron chi connectivity index (χ0n) is 9.24. The highest BCUT2D eigenvalue weighted by Crippen LogP contribution is 2.08. The van der Waals surface area contributed by atoms with Crippen molar-refractivity contribution in [2.24, 2.45) is 10.8 Å². The fraction of sp³-hybridized carbons (Fsp3) is 0.889. The summed E-state index contributed by atoms with van der Waals surface area (Å²) in [6.07, 6.45) is 0.935. The Morgan fingerprint density at radius 1 is 1.53 bits per heavy atom. The van der Waals surface area contributed by atoms with Crippen molar-refractivity contribution in [3.05, 3.63) is 0 Å². The molecule has 0 aromatic heterocycles. The highest BCUT2D eigenvalue weighted by molar-refractivity contribution is 7.99. The minimum Gasteiger partial charge on any atom is -0.385 e. The summed E-state index contributed by atoms with van der Waals surface area (Å²) in [6.45, 7) is 3.56. The third-order valence-corrected chi connectivity index (χ3v) is 3.15. The van der Waals surface area contributed by atoms with Gasteiger partial charge >= 0.3 is 0 Å². The number of rotatable bonds is 4. The van der Waals surface area contributed by atoms with Crippen molar-refractivity contribution < 1.29 is 4.74 Å². The lowest BCUT2D eigenvalue weighted by atomic mass is 10.4. The lowest BCUT2D eigenvalue weighted by Gasteiger charge is -2.28. The van der Waals surface area contributed by atoms with Gasteiger partial charge in [0.15, 0.2) is 0 Å². The van der Waals surface area contributed by atoms with E-state index in [1.807, 2.05) is 11.8 Å². The van der Waals surface area contributed by atoms with Gasteiger partial charge < -0.3 is 9.64 Å². The average molecular weight is 232 g/mol. The molecule has 1 aliphatic rings. The number of nitrogens with two attached hydrogens (primary N) is 1. The molecule has 1 aliphatic heterocycles. The molecule has 3 N–H and O–H groups in total. The third-order valence-electron chi connectivity index (χ3n) is 2.21. The van der Waals surface area contributed by atoms with Crippen molar-refractivity contribution in [3.63, 3.8) is 0 Å². The minimum atomic E-state index is 0.747. The standard InChI is InChI=1S/C9H20N4OS/c1-14-6-2-3-11-9(12-10)13-4-7-15-8-5-13/h2-8,10H2,1H3,(H,11,12). The number of thioether (sulfide) groups is 1. The van der Waals surface area contributed by atoms with Gasteiger partial charge in [0.05, 0.1) is 0 Å². The van der Waals surface area contributed by atoms with Crippen LogP contribution in [0.4, 0.5) is 0 Å². The number of nitrogens with one attached hydrogen (secondary N) is 1. The maximum absolute atomic E-state index is 5.46. The van der Waals surface area contributed by atoms with Gasteiger partial charge in [-0.3, -0.25) is 10.4 Å². The van der Waals surface area contributed by atoms with Gasteiger partial charge in [-0.05, 0) is 6.42 Å². The number of guanidine groups is 1. The van der Waals surface area contributed by atoms with E-state index in [0.717, 1.165) is 50.1 Å². The average Bonchev–Trinajstić information content (AvgIpc) is 2.30. The van der Waals surface area contributed by atoms with E-state index in [1.54, 1.807) is 7.11 Å². The molecule has 1 rings (SSSR count). The molecule has 0 aromatic rings. The van der Waals surface area contributed by atoms with Gasteiger partial charge in [0.2, 0.25) is 5.96 Å². The topological polar surface area (TPSA) is 62.9 Å². The van der Waals surface area contributed by atoms with Crippen molar-refractivity contribution in [1.29, 1.82) is 0 Å². The number of hydrogen-bond donors (Lipinski definition) is 2. The van der Waals surface area contributed by atoms with Gasteiger partial charge in [0.1, 0.15) is 0 Å². The summed E-state index contributed by atoms with van der Waals surface area (Å²) < 4.78 is 4.96. The quantitative estimate of drug-likeness (QED) is 0.233. The first kappa shape index (κ1) is 12.6. The first-order valence-corrected chi connectivity index (χ1v) is 6.36. The Morgan fingerprint density at radius 3 is 2.87 bits per heavy atom. The fourth-order valence-electron chi connectivity index (χ4n) is 1.41. The molecule has 0 aliphatic carbocycles. The molecule has 0 atom stereocenters. The Hall–Kier alpha value is -0.460. The Kier molecular flexibility index (Phi) is 6.54. The molecule has 0 spiro atoms. The molecule has 0 unspecified atom stereocenters. The molecular weight excluding hydrogens is 212 g/mol. The van der Waals surface area contributed by atoms with E-state index in [2.05, 4.69) is 15.3 Å². The number of aliphatic imine (C=N–C) groups is 1. The number of methoxy groups -OCH3 is 1. The molecule has 0 bridgehead atoms. The van der Waals surface area contributed by atoms with Gasteiger partial charge in [-0.25, -0.2) is 5.84 Å². The molecule has 6 heteroatoms. The normalized spacial score (nSPS) is 18.0. The van der Waals surface area contributed by atoms with Crippen LogP contribution in [0.5, 0.6) is 0 Å². The zero-order chi connectivity index (χ0) is 10.9. The van der Waals surface area contributed by atoms with E-state index < -0.39 is 0 Å². The smallest absolute Gasteiger partial charge is 0.208 e. The van der Waals surface area contributed by atoms with Gasteiger partial charge in [-0.2, -0.15) is 11.8 Å². The Balaban J connectivity index is 2.31.